The van der Waals surface area contributed by atoms with E-state index in [-0.39, 0.29) is 48.3 Å². The summed E-state index contributed by atoms with van der Waals surface area (Å²) in [6, 6.07) is 5.77. The first kappa shape index (κ1) is 20.6. The average molecular weight is 362 g/mol. The van der Waals surface area contributed by atoms with Crippen molar-refractivity contribution in [3.63, 3.8) is 0 Å². The van der Waals surface area contributed by atoms with Crippen LogP contribution in [0.2, 0.25) is 0 Å². The average Bonchev–Trinajstić information content (AvgIpc) is 2.60. The number of carboxylic acid groups (broad SMARTS) is 2. The molecule has 0 spiro atoms. The van der Waals surface area contributed by atoms with Gasteiger partial charge in [0.2, 0.25) is 0 Å². The minimum absolute atomic E-state index is 0.0458. The topological polar surface area (TPSA) is 127 Å². The Hall–Kier alpha value is -3.42. The molecule has 0 aliphatic rings. The molecule has 0 bridgehead atoms. The smallest absolute Gasteiger partial charge is 0.339 e. The maximum absolute atomic E-state index is 12.1. The van der Waals surface area contributed by atoms with Gasteiger partial charge in [0.05, 0.1) is 24.3 Å². The molecule has 8 nitrogen and oxygen atoms in total. The first-order chi connectivity index (χ1) is 12.2. The van der Waals surface area contributed by atoms with Crippen molar-refractivity contribution < 1.29 is 38.9 Å². The fraction of sp³-hybridized carbons (Fsp3) is 0.222. The van der Waals surface area contributed by atoms with Crippen molar-refractivity contribution in [1.29, 1.82) is 0 Å². The van der Waals surface area contributed by atoms with Crippen LogP contribution < -0.4 is 0 Å². The Kier molecular flexibility index (Phi) is 7.75. The Morgan fingerprint density at radius 3 is 1.42 bits per heavy atom. The lowest BCUT2D eigenvalue weighted by molar-refractivity contribution is -0.133. The highest BCUT2D eigenvalue weighted by Crippen LogP contribution is 2.13. The highest BCUT2D eigenvalue weighted by atomic mass is 16.5. The van der Waals surface area contributed by atoms with E-state index in [1.165, 1.54) is 24.3 Å². The number of hydrogen-bond donors (Lipinski definition) is 2. The molecule has 0 amide bonds. The van der Waals surface area contributed by atoms with Gasteiger partial charge < -0.3 is 19.7 Å². The minimum atomic E-state index is -1.19. The SMILES string of the molecule is C=C(CCOC(=O)c1ccccc1C(=O)OCCC(=C)C(=O)O)C(=O)O. The molecule has 0 saturated carbocycles. The molecule has 138 valence electrons. The summed E-state index contributed by atoms with van der Waals surface area (Å²) in [7, 11) is 0. The zero-order valence-corrected chi connectivity index (χ0v) is 13.9. The number of esters is 2. The number of aliphatic carboxylic acids is 2. The zero-order chi connectivity index (χ0) is 19.7. The third-order valence-electron chi connectivity index (χ3n) is 3.25. The van der Waals surface area contributed by atoms with Gasteiger partial charge in [-0.1, -0.05) is 25.3 Å². The molecule has 0 saturated heterocycles. The second kappa shape index (κ2) is 9.77. The molecule has 1 rings (SSSR count). The first-order valence-corrected chi connectivity index (χ1v) is 7.49. The van der Waals surface area contributed by atoms with Crippen LogP contribution in [0.4, 0.5) is 0 Å². The van der Waals surface area contributed by atoms with E-state index >= 15 is 0 Å². The molecule has 0 unspecified atom stereocenters. The van der Waals surface area contributed by atoms with E-state index in [4.69, 9.17) is 19.7 Å². The molecule has 2 N–H and O–H groups in total. The number of ether oxygens (including phenoxy) is 2. The van der Waals surface area contributed by atoms with E-state index < -0.39 is 23.9 Å². The quantitative estimate of drug-likeness (QED) is 0.478. The summed E-state index contributed by atoms with van der Waals surface area (Å²) in [5.74, 6) is -4.00. The van der Waals surface area contributed by atoms with Gasteiger partial charge in [0, 0.05) is 24.0 Å². The fourth-order valence-electron chi connectivity index (χ4n) is 1.74. The third-order valence-corrected chi connectivity index (χ3v) is 3.25. The van der Waals surface area contributed by atoms with Crippen molar-refractivity contribution in [2.24, 2.45) is 0 Å². The molecule has 0 radical (unpaired) electrons. The number of carbonyl (C=O) groups excluding carboxylic acids is 2. The molecule has 26 heavy (non-hydrogen) atoms. The van der Waals surface area contributed by atoms with Crippen molar-refractivity contribution >= 4 is 23.9 Å². The van der Waals surface area contributed by atoms with E-state index in [0.29, 0.717) is 0 Å². The summed E-state index contributed by atoms with van der Waals surface area (Å²) < 4.78 is 9.90. The van der Waals surface area contributed by atoms with Crippen molar-refractivity contribution in [1.82, 2.24) is 0 Å². The Bertz CT molecular complexity index is 684. The van der Waals surface area contributed by atoms with Crippen molar-refractivity contribution in [3.05, 3.63) is 59.7 Å². The Morgan fingerprint density at radius 2 is 1.12 bits per heavy atom. The van der Waals surface area contributed by atoms with Crippen LogP contribution in [0.1, 0.15) is 33.6 Å². The predicted molar refractivity (Wildman–Crippen MR) is 89.8 cm³/mol. The Morgan fingerprint density at radius 1 is 0.769 bits per heavy atom. The lowest BCUT2D eigenvalue weighted by Gasteiger charge is -2.10. The van der Waals surface area contributed by atoms with Crippen LogP contribution in [-0.2, 0) is 19.1 Å². The number of rotatable bonds is 10. The highest BCUT2D eigenvalue weighted by Gasteiger charge is 2.19. The van der Waals surface area contributed by atoms with Gasteiger partial charge in [0.1, 0.15) is 0 Å². The largest absolute Gasteiger partial charge is 0.478 e. The summed E-state index contributed by atoms with van der Waals surface area (Å²) in [6.07, 6.45) is -0.101. The number of carboxylic acids is 2. The second-order valence-electron chi connectivity index (χ2n) is 5.13. The molecule has 1 aromatic rings. The zero-order valence-electron chi connectivity index (χ0n) is 13.9. The third kappa shape index (κ3) is 6.23. The van der Waals surface area contributed by atoms with E-state index in [0.717, 1.165) is 0 Å². The predicted octanol–water partition coefficient (Wildman–Crippen LogP) is 2.06. The normalized spacial score (nSPS) is 9.85. The van der Waals surface area contributed by atoms with Gasteiger partial charge in [0.15, 0.2) is 0 Å². The number of carbonyl (C=O) groups is 4. The molecule has 0 aliphatic heterocycles. The number of benzene rings is 1. The molecular formula is C18H18O8. The lowest BCUT2D eigenvalue weighted by atomic mass is 10.1. The van der Waals surface area contributed by atoms with Gasteiger partial charge in [-0.05, 0) is 12.1 Å². The van der Waals surface area contributed by atoms with Crippen LogP contribution in [0.25, 0.3) is 0 Å². The summed E-state index contributed by atoms with van der Waals surface area (Å²) >= 11 is 0. The molecule has 0 aliphatic carbocycles. The summed E-state index contributed by atoms with van der Waals surface area (Å²) in [4.78, 5) is 45.5. The maximum atomic E-state index is 12.1. The van der Waals surface area contributed by atoms with Crippen LogP contribution in [0.3, 0.4) is 0 Å². The van der Waals surface area contributed by atoms with Gasteiger partial charge >= 0.3 is 23.9 Å². The molecule has 0 atom stereocenters. The summed E-state index contributed by atoms with van der Waals surface area (Å²) in [5, 5.41) is 17.4. The van der Waals surface area contributed by atoms with Gasteiger partial charge in [-0.3, -0.25) is 0 Å². The summed E-state index contributed by atoms with van der Waals surface area (Å²) in [6.45, 7) is 6.23. The van der Waals surface area contributed by atoms with Crippen LogP contribution in [0.5, 0.6) is 0 Å². The van der Waals surface area contributed by atoms with Crippen molar-refractivity contribution in [2.75, 3.05) is 13.2 Å². The van der Waals surface area contributed by atoms with E-state index in [9.17, 15) is 19.2 Å². The van der Waals surface area contributed by atoms with Crippen molar-refractivity contribution in [3.8, 4) is 0 Å². The fourth-order valence-corrected chi connectivity index (χ4v) is 1.74. The molecule has 0 heterocycles. The van der Waals surface area contributed by atoms with Gasteiger partial charge in [-0.2, -0.15) is 0 Å². The molecular weight excluding hydrogens is 344 g/mol. The highest BCUT2D eigenvalue weighted by molar-refractivity contribution is 6.03. The van der Waals surface area contributed by atoms with Gasteiger partial charge in [0.25, 0.3) is 0 Å². The lowest BCUT2D eigenvalue weighted by Crippen LogP contribution is -2.16. The van der Waals surface area contributed by atoms with Gasteiger partial charge in [-0.25, -0.2) is 19.2 Å². The summed E-state index contributed by atoms with van der Waals surface area (Å²) in [5.41, 5.74) is -0.306. The minimum Gasteiger partial charge on any atom is -0.478 e. The van der Waals surface area contributed by atoms with Crippen molar-refractivity contribution in [2.45, 2.75) is 12.8 Å². The standard InChI is InChI=1S/C18H18O8/c1-11(15(19)20)7-9-25-17(23)13-5-3-4-6-14(13)18(24)26-10-8-12(2)16(21)22/h3-6H,1-2,7-10H2,(H,19,20)(H,21,22). The maximum Gasteiger partial charge on any atom is 0.339 e. The number of hydrogen-bond acceptors (Lipinski definition) is 6. The first-order valence-electron chi connectivity index (χ1n) is 7.49. The van der Waals surface area contributed by atoms with Crippen LogP contribution >= 0.6 is 0 Å². The second-order valence-corrected chi connectivity index (χ2v) is 5.13. The van der Waals surface area contributed by atoms with Crippen LogP contribution in [-0.4, -0.2) is 47.3 Å². The molecule has 0 aromatic heterocycles. The molecule has 0 fully saturated rings. The van der Waals surface area contributed by atoms with E-state index in [2.05, 4.69) is 13.2 Å². The monoisotopic (exact) mass is 362 g/mol. The van der Waals surface area contributed by atoms with E-state index in [1.54, 1.807) is 0 Å². The van der Waals surface area contributed by atoms with Crippen LogP contribution in [0, 0.1) is 0 Å². The van der Waals surface area contributed by atoms with Crippen LogP contribution in [0.15, 0.2) is 48.6 Å². The van der Waals surface area contributed by atoms with Gasteiger partial charge in [-0.15, -0.1) is 0 Å². The van der Waals surface area contributed by atoms with E-state index in [1.807, 2.05) is 0 Å². The Balaban J connectivity index is 2.68. The molecule has 8 heteroatoms. The Labute approximate surface area is 149 Å². The molecule has 1 aromatic carbocycles.